The molecule has 0 aliphatic heterocycles. The van der Waals surface area contributed by atoms with Crippen LogP contribution < -0.4 is 0 Å². The van der Waals surface area contributed by atoms with Gasteiger partial charge < -0.3 is 9.84 Å². The van der Waals surface area contributed by atoms with Gasteiger partial charge in [0.05, 0.1) is 7.11 Å². The van der Waals surface area contributed by atoms with Gasteiger partial charge in [0, 0.05) is 10.6 Å². The lowest BCUT2D eigenvalue weighted by Gasteiger charge is -2.09. The lowest BCUT2D eigenvalue weighted by Crippen LogP contribution is -2.13. The van der Waals surface area contributed by atoms with E-state index in [4.69, 9.17) is 11.6 Å². The molecule has 0 saturated carbocycles. The van der Waals surface area contributed by atoms with E-state index in [1.54, 1.807) is 24.3 Å². The Kier molecular flexibility index (Phi) is 3.28. The first-order chi connectivity index (χ1) is 6.16. The van der Waals surface area contributed by atoms with Gasteiger partial charge in [-0.3, -0.25) is 0 Å². The van der Waals surface area contributed by atoms with E-state index in [1.807, 2.05) is 0 Å². The number of aliphatic hydroxyl groups excluding tert-OH is 1. The maximum Gasteiger partial charge on any atom is 0.339 e. The second-order valence-corrected chi connectivity index (χ2v) is 2.85. The maximum absolute atomic E-state index is 10.9. The first-order valence-corrected chi connectivity index (χ1v) is 4.05. The third kappa shape index (κ3) is 2.20. The molecule has 0 aliphatic rings. The molecule has 0 radical (unpaired) electrons. The molecular weight excluding hydrogens is 192 g/mol. The number of aliphatic hydroxyl groups is 1. The lowest BCUT2D eigenvalue weighted by molar-refractivity contribution is -0.150. The Morgan fingerprint density at radius 3 is 2.69 bits per heavy atom. The van der Waals surface area contributed by atoms with Gasteiger partial charge in [-0.1, -0.05) is 29.8 Å². The molecule has 0 heterocycles. The first kappa shape index (κ1) is 10.0. The van der Waals surface area contributed by atoms with Crippen LogP contribution in [0, 0.1) is 0 Å². The van der Waals surface area contributed by atoms with Crippen molar-refractivity contribution in [1.29, 1.82) is 0 Å². The summed E-state index contributed by atoms with van der Waals surface area (Å²) in [6.07, 6.45) is -1.31. The summed E-state index contributed by atoms with van der Waals surface area (Å²) in [6, 6.07) is 6.58. The van der Waals surface area contributed by atoms with Crippen LogP contribution in [0.25, 0.3) is 0 Å². The first-order valence-electron chi connectivity index (χ1n) is 3.67. The van der Waals surface area contributed by atoms with Crippen molar-refractivity contribution in [3.63, 3.8) is 0 Å². The van der Waals surface area contributed by atoms with Gasteiger partial charge in [0.2, 0.25) is 0 Å². The summed E-state index contributed by atoms with van der Waals surface area (Å²) >= 11 is 5.75. The van der Waals surface area contributed by atoms with Crippen LogP contribution in [0.2, 0.25) is 5.02 Å². The van der Waals surface area contributed by atoms with Crippen LogP contribution in [0.3, 0.4) is 0 Å². The highest BCUT2D eigenvalue weighted by Crippen LogP contribution is 2.22. The van der Waals surface area contributed by atoms with Crippen molar-refractivity contribution in [2.45, 2.75) is 6.10 Å². The zero-order chi connectivity index (χ0) is 9.84. The largest absolute Gasteiger partial charge is 0.467 e. The molecular formula is C9H9ClO3. The Labute approximate surface area is 80.9 Å². The lowest BCUT2D eigenvalue weighted by atomic mass is 10.1. The van der Waals surface area contributed by atoms with Crippen LogP contribution in [0.1, 0.15) is 11.7 Å². The summed E-state index contributed by atoms with van der Waals surface area (Å²) in [5.74, 6) is -0.715. The molecule has 13 heavy (non-hydrogen) atoms. The Hall–Kier alpha value is -1.06. The second kappa shape index (κ2) is 4.25. The van der Waals surface area contributed by atoms with Crippen LogP contribution in [0.4, 0.5) is 0 Å². The van der Waals surface area contributed by atoms with Crippen LogP contribution in [-0.4, -0.2) is 18.2 Å². The van der Waals surface area contributed by atoms with Crippen LogP contribution in [0.15, 0.2) is 24.3 Å². The molecule has 1 atom stereocenters. The Balaban J connectivity index is 2.95. The molecule has 0 bridgehead atoms. The molecule has 0 aromatic heterocycles. The van der Waals surface area contributed by atoms with Gasteiger partial charge in [0.25, 0.3) is 0 Å². The predicted octanol–water partition coefficient (Wildman–Crippen LogP) is 1.55. The minimum absolute atomic E-state index is 0.348. The summed E-state index contributed by atoms with van der Waals surface area (Å²) in [5, 5.41) is 9.76. The number of carbonyl (C=O) groups excluding carboxylic acids is 1. The highest BCUT2D eigenvalue weighted by Gasteiger charge is 2.19. The highest BCUT2D eigenvalue weighted by atomic mass is 35.5. The monoisotopic (exact) mass is 200 g/mol. The molecule has 0 amide bonds. The van der Waals surface area contributed by atoms with Crippen molar-refractivity contribution in [1.82, 2.24) is 0 Å². The molecule has 1 aromatic rings. The minimum atomic E-state index is -1.31. The van der Waals surface area contributed by atoms with Crippen LogP contribution >= 0.6 is 11.6 Å². The van der Waals surface area contributed by atoms with Crippen molar-refractivity contribution in [3.05, 3.63) is 34.9 Å². The number of rotatable bonds is 2. The second-order valence-electron chi connectivity index (χ2n) is 2.45. The fourth-order valence-electron chi connectivity index (χ4n) is 0.935. The average molecular weight is 201 g/mol. The standard InChI is InChI=1S/C9H9ClO3/c1-13-9(12)8(11)6-4-2-3-5-7(6)10/h2-5,8,11H,1H3/t8-/m1/s1. The van der Waals surface area contributed by atoms with Crippen LogP contribution in [-0.2, 0) is 9.53 Å². The summed E-state index contributed by atoms with van der Waals surface area (Å²) in [7, 11) is 1.21. The summed E-state index contributed by atoms with van der Waals surface area (Å²) < 4.78 is 4.37. The van der Waals surface area contributed by atoms with Gasteiger partial charge in [-0.25, -0.2) is 4.79 Å². The van der Waals surface area contributed by atoms with E-state index in [2.05, 4.69) is 4.74 Å². The SMILES string of the molecule is COC(=O)[C@H](O)c1ccccc1Cl. The van der Waals surface area contributed by atoms with Crippen molar-refractivity contribution in [2.75, 3.05) is 7.11 Å². The number of carbonyl (C=O) groups is 1. The maximum atomic E-state index is 10.9. The van der Waals surface area contributed by atoms with E-state index >= 15 is 0 Å². The van der Waals surface area contributed by atoms with Crippen molar-refractivity contribution in [3.8, 4) is 0 Å². The molecule has 0 spiro atoms. The third-order valence-corrected chi connectivity index (χ3v) is 1.97. The number of halogens is 1. The zero-order valence-corrected chi connectivity index (χ0v) is 7.78. The molecule has 0 unspecified atom stereocenters. The summed E-state index contributed by atoms with van der Waals surface area (Å²) in [5.41, 5.74) is 0.357. The van der Waals surface area contributed by atoms with E-state index in [-0.39, 0.29) is 0 Å². The molecule has 0 fully saturated rings. The topological polar surface area (TPSA) is 46.5 Å². The van der Waals surface area contributed by atoms with E-state index in [1.165, 1.54) is 7.11 Å². The third-order valence-electron chi connectivity index (χ3n) is 1.62. The van der Waals surface area contributed by atoms with Gasteiger partial charge in [-0.2, -0.15) is 0 Å². The number of ether oxygens (including phenoxy) is 1. The molecule has 1 N–H and O–H groups in total. The molecule has 1 rings (SSSR count). The highest BCUT2D eigenvalue weighted by molar-refractivity contribution is 6.31. The quantitative estimate of drug-likeness (QED) is 0.737. The van der Waals surface area contributed by atoms with Gasteiger partial charge in [-0.15, -0.1) is 0 Å². The number of benzene rings is 1. The Bertz CT molecular complexity index is 311. The molecule has 4 heteroatoms. The molecule has 70 valence electrons. The predicted molar refractivity (Wildman–Crippen MR) is 48.4 cm³/mol. The number of methoxy groups -OCH3 is 1. The van der Waals surface area contributed by atoms with Gasteiger partial charge >= 0.3 is 5.97 Å². The van der Waals surface area contributed by atoms with Crippen molar-refractivity contribution in [2.24, 2.45) is 0 Å². The van der Waals surface area contributed by atoms with Crippen molar-refractivity contribution >= 4 is 17.6 Å². The molecule has 0 aliphatic carbocycles. The number of hydrogen-bond acceptors (Lipinski definition) is 3. The van der Waals surface area contributed by atoms with Crippen molar-refractivity contribution < 1.29 is 14.6 Å². The Morgan fingerprint density at radius 1 is 1.54 bits per heavy atom. The molecule has 1 aromatic carbocycles. The number of esters is 1. The molecule has 3 nitrogen and oxygen atoms in total. The van der Waals surface area contributed by atoms with Gasteiger partial charge in [0.1, 0.15) is 0 Å². The van der Waals surface area contributed by atoms with Gasteiger partial charge in [-0.05, 0) is 6.07 Å². The van der Waals surface area contributed by atoms with Crippen LogP contribution in [0.5, 0.6) is 0 Å². The van der Waals surface area contributed by atoms with E-state index in [0.29, 0.717) is 10.6 Å². The fourth-order valence-corrected chi connectivity index (χ4v) is 1.17. The smallest absolute Gasteiger partial charge is 0.339 e. The average Bonchev–Trinajstić information content (AvgIpc) is 2.16. The molecule has 0 saturated heterocycles. The van der Waals surface area contributed by atoms with Gasteiger partial charge in [0.15, 0.2) is 6.10 Å². The Morgan fingerprint density at radius 2 is 2.15 bits per heavy atom. The zero-order valence-electron chi connectivity index (χ0n) is 7.03. The normalized spacial score (nSPS) is 12.2. The van der Waals surface area contributed by atoms with E-state index in [0.717, 1.165) is 0 Å². The van der Waals surface area contributed by atoms with E-state index < -0.39 is 12.1 Å². The fraction of sp³-hybridized carbons (Fsp3) is 0.222. The summed E-state index contributed by atoms with van der Waals surface area (Å²) in [4.78, 5) is 10.9. The minimum Gasteiger partial charge on any atom is -0.467 e. The number of hydrogen-bond donors (Lipinski definition) is 1. The summed E-state index contributed by atoms with van der Waals surface area (Å²) in [6.45, 7) is 0. The van der Waals surface area contributed by atoms with E-state index in [9.17, 15) is 9.90 Å².